The lowest BCUT2D eigenvalue weighted by atomic mass is 9.96. The molecule has 0 bridgehead atoms. The van der Waals surface area contributed by atoms with Crippen molar-refractivity contribution >= 4 is 17.5 Å². The zero-order valence-corrected chi connectivity index (χ0v) is 12.9. The Morgan fingerprint density at radius 2 is 2.13 bits per heavy atom. The van der Waals surface area contributed by atoms with Crippen LogP contribution in [0, 0.1) is 17.2 Å². The van der Waals surface area contributed by atoms with Crippen LogP contribution in [0.2, 0.25) is 0 Å². The van der Waals surface area contributed by atoms with E-state index in [0.717, 1.165) is 0 Å². The Morgan fingerprint density at radius 1 is 1.48 bits per heavy atom. The topological polar surface area (TPSA) is 135 Å². The number of amides is 2. The van der Waals surface area contributed by atoms with Crippen LogP contribution >= 0.6 is 0 Å². The first-order valence-electron chi connectivity index (χ1n) is 7.39. The van der Waals surface area contributed by atoms with Gasteiger partial charge >= 0.3 is 0 Å². The van der Waals surface area contributed by atoms with Crippen LogP contribution in [0.4, 0.5) is 5.69 Å². The summed E-state index contributed by atoms with van der Waals surface area (Å²) in [5.41, 5.74) is 11.5. The molecule has 1 aliphatic heterocycles. The lowest BCUT2D eigenvalue weighted by Gasteiger charge is -2.30. The number of carbonyl (C=O) groups is 2. The summed E-state index contributed by atoms with van der Waals surface area (Å²) in [4.78, 5) is 29.4. The Hall–Kier alpha value is -2.82. The van der Waals surface area contributed by atoms with Crippen LogP contribution < -0.4 is 16.2 Å². The summed E-state index contributed by atoms with van der Waals surface area (Å²) in [6.45, 7) is 2.92. The highest BCUT2D eigenvalue weighted by Crippen LogP contribution is 2.25. The molecule has 1 aromatic rings. The normalized spacial score (nSPS) is 15.0. The molecule has 0 spiro atoms. The zero-order chi connectivity index (χ0) is 17.0. The van der Waals surface area contributed by atoms with E-state index in [1.54, 1.807) is 11.8 Å². The van der Waals surface area contributed by atoms with Crippen molar-refractivity contribution in [1.82, 2.24) is 9.88 Å². The maximum Gasteiger partial charge on any atom is 0.272 e. The van der Waals surface area contributed by atoms with Gasteiger partial charge < -0.3 is 21.1 Å². The predicted molar refractivity (Wildman–Crippen MR) is 82.4 cm³/mol. The summed E-state index contributed by atoms with van der Waals surface area (Å²) in [6.07, 6.45) is 1.07. The lowest BCUT2D eigenvalue weighted by Crippen LogP contribution is -2.42. The second-order valence-corrected chi connectivity index (χ2v) is 5.29. The number of nitrogen functional groups attached to an aromatic ring is 1. The molecule has 8 heteroatoms. The monoisotopic (exact) mass is 317 g/mol. The Bertz CT molecular complexity index is 660. The quantitative estimate of drug-likeness (QED) is 0.818. The molecule has 0 radical (unpaired) electrons. The molecular weight excluding hydrogens is 298 g/mol. The summed E-state index contributed by atoms with van der Waals surface area (Å²) in [7, 11) is 0. The number of hydrogen-bond donors (Lipinski definition) is 2. The van der Waals surface area contributed by atoms with E-state index in [9.17, 15) is 9.59 Å². The number of primary amides is 1. The van der Waals surface area contributed by atoms with Gasteiger partial charge in [0, 0.05) is 19.0 Å². The van der Waals surface area contributed by atoms with Crippen LogP contribution in [0.1, 0.15) is 35.8 Å². The molecule has 8 nitrogen and oxygen atoms in total. The summed E-state index contributed by atoms with van der Waals surface area (Å²) in [6, 6.07) is 3.30. The maximum atomic E-state index is 12.5. The number of pyridine rings is 1. The van der Waals surface area contributed by atoms with Gasteiger partial charge in [-0.1, -0.05) is 0 Å². The van der Waals surface area contributed by atoms with Crippen LogP contribution in [-0.2, 0) is 4.79 Å². The molecule has 1 aromatic heterocycles. The van der Waals surface area contributed by atoms with Crippen LogP contribution in [0.5, 0.6) is 5.88 Å². The number of nitrogens with two attached hydrogens (primary N) is 2. The van der Waals surface area contributed by atoms with Crippen molar-refractivity contribution in [1.29, 1.82) is 5.26 Å². The smallest absolute Gasteiger partial charge is 0.272 e. The van der Waals surface area contributed by atoms with Crippen molar-refractivity contribution in [2.24, 2.45) is 11.7 Å². The maximum absolute atomic E-state index is 12.5. The molecule has 2 heterocycles. The number of nitriles is 1. The Labute approximate surface area is 134 Å². The highest BCUT2D eigenvalue weighted by Gasteiger charge is 2.28. The SMILES string of the molecule is CCOc1nc(C(=O)N2CCC(C(N)=O)CC2)cc(N)c1C#N. The van der Waals surface area contributed by atoms with E-state index in [-0.39, 0.29) is 40.6 Å². The number of rotatable bonds is 4. The minimum absolute atomic E-state index is 0.0605. The molecule has 1 fully saturated rings. The Balaban J connectivity index is 2.20. The van der Waals surface area contributed by atoms with Crippen molar-refractivity contribution in [2.45, 2.75) is 19.8 Å². The van der Waals surface area contributed by atoms with Gasteiger partial charge in [0.1, 0.15) is 17.3 Å². The first-order valence-corrected chi connectivity index (χ1v) is 7.39. The van der Waals surface area contributed by atoms with E-state index in [2.05, 4.69) is 4.98 Å². The number of hydrogen-bond acceptors (Lipinski definition) is 6. The van der Waals surface area contributed by atoms with Gasteiger partial charge in [0.2, 0.25) is 11.8 Å². The van der Waals surface area contributed by atoms with Crippen molar-refractivity contribution in [3.63, 3.8) is 0 Å². The second-order valence-electron chi connectivity index (χ2n) is 5.29. The summed E-state index contributed by atoms with van der Waals surface area (Å²) >= 11 is 0. The van der Waals surface area contributed by atoms with Crippen molar-refractivity contribution in [2.75, 3.05) is 25.4 Å². The Morgan fingerprint density at radius 3 is 2.65 bits per heavy atom. The number of nitrogens with zero attached hydrogens (tertiary/aromatic N) is 3. The van der Waals surface area contributed by atoms with Gasteiger partial charge in [-0.25, -0.2) is 4.98 Å². The molecule has 2 amide bonds. The first-order chi connectivity index (χ1) is 11.0. The van der Waals surface area contributed by atoms with Crippen molar-refractivity contribution in [3.8, 4) is 11.9 Å². The van der Waals surface area contributed by atoms with Crippen LogP contribution in [0.3, 0.4) is 0 Å². The summed E-state index contributed by atoms with van der Waals surface area (Å²) in [5.74, 6) is -0.774. The molecule has 0 aromatic carbocycles. The van der Waals surface area contributed by atoms with Gasteiger partial charge in [-0.3, -0.25) is 9.59 Å². The number of aromatic nitrogens is 1. The van der Waals surface area contributed by atoms with Crippen LogP contribution in [-0.4, -0.2) is 41.4 Å². The molecule has 122 valence electrons. The molecule has 0 unspecified atom stereocenters. The fourth-order valence-electron chi connectivity index (χ4n) is 2.53. The molecular formula is C15H19N5O3. The predicted octanol–water partition coefficient (Wildman–Crippen LogP) is 0.272. The van der Waals surface area contributed by atoms with Crippen molar-refractivity contribution < 1.29 is 14.3 Å². The van der Waals surface area contributed by atoms with E-state index in [1.807, 2.05) is 6.07 Å². The molecule has 1 aliphatic rings. The van der Waals surface area contributed by atoms with Crippen molar-refractivity contribution in [3.05, 3.63) is 17.3 Å². The first kappa shape index (κ1) is 16.5. The van der Waals surface area contributed by atoms with E-state index in [1.165, 1.54) is 6.07 Å². The van der Waals surface area contributed by atoms with E-state index in [4.69, 9.17) is 21.5 Å². The number of anilines is 1. The van der Waals surface area contributed by atoms with Gasteiger partial charge in [0.05, 0.1) is 12.3 Å². The molecule has 0 atom stereocenters. The summed E-state index contributed by atoms with van der Waals surface area (Å²) < 4.78 is 5.29. The average molecular weight is 317 g/mol. The fourth-order valence-corrected chi connectivity index (χ4v) is 2.53. The fraction of sp³-hybridized carbons (Fsp3) is 0.467. The van der Waals surface area contributed by atoms with Gasteiger partial charge in [0.15, 0.2) is 0 Å². The largest absolute Gasteiger partial charge is 0.477 e. The Kier molecular flexibility index (Phi) is 5.01. The third-order valence-electron chi connectivity index (χ3n) is 3.81. The highest BCUT2D eigenvalue weighted by molar-refractivity contribution is 5.94. The number of likely N-dealkylation sites (tertiary alicyclic amines) is 1. The number of piperidine rings is 1. The van der Waals surface area contributed by atoms with E-state index in [0.29, 0.717) is 32.5 Å². The lowest BCUT2D eigenvalue weighted by molar-refractivity contribution is -0.123. The summed E-state index contributed by atoms with van der Waals surface area (Å²) in [5, 5.41) is 9.10. The molecule has 0 aliphatic carbocycles. The molecule has 1 saturated heterocycles. The van der Waals surface area contributed by atoms with Crippen LogP contribution in [0.25, 0.3) is 0 Å². The average Bonchev–Trinajstić information content (AvgIpc) is 2.54. The second kappa shape index (κ2) is 6.96. The standard InChI is InChI=1S/C15H19N5O3/c1-2-23-14-10(8-16)11(17)7-12(19-14)15(22)20-5-3-9(4-6-20)13(18)21/h7,9H,2-6H2,1H3,(H2,17,19)(H2,18,21). The van der Waals surface area contributed by atoms with E-state index < -0.39 is 0 Å². The number of ether oxygens (including phenoxy) is 1. The third kappa shape index (κ3) is 3.51. The molecule has 4 N–H and O–H groups in total. The molecule has 23 heavy (non-hydrogen) atoms. The minimum atomic E-state index is -0.337. The third-order valence-corrected chi connectivity index (χ3v) is 3.81. The minimum Gasteiger partial charge on any atom is -0.477 e. The van der Waals surface area contributed by atoms with Gasteiger partial charge in [0.25, 0.3) is 5.91 Å². The number of carbonyl (C=O) groups excluding carboxylic acids is 2. The van der Waals surface area contributed by atoms with Gasteiger partial charge in [-0.2, -0.15) is 5.26 Å². The molecule has 2 rings (SSSR count). The van der Waals surface area contributed by atoms with Gasteiger partial charge in [-0.05, 0) is 25.8 Å². The highest BCUT2D eigenvalue weighted by atomic mass is 16.5. The zero-order valence-electron chi connectivity index (χ0n) is 12.9. The van der Waals surface area contributed by atoms with Gasteiger partial charge in [-0.15, -0.1) is 0 Å². The van der Waals surface area contributed by atoms with E-state index >= 15 is 0 Å². The van der Waals surface area contributed by atoms with Crippen LogP contribution in [0.15, 0.2) is 6.07 Å². The molecule has 0 saturated carbocycles.